The molecule has 0 saturated carbocycles. The van der Waals surface area contributed by atoms with Gasteiger partial charge in [0.05, 0.1) is 12.7 Å². The van der Waals surface area contributed by atoms with Crippen molar-refractivity contribution >= 4 is 23.1 Å². The number of carboxylic acid groups (broad SMARTS) is 1. The first-order valence-electron chi connectivity index (χ1n) is 6.53. The predicted molar refractivity (Wildman–Crippen MR) is 75.6 cm³/mol. The fourth-order valence-corrected chi connectivity index (χ4v) is 1.91. The minimum atomic E-state index is -1.53. The van der Waals surface area contributed by atoms with Crippen LogP contribution in [-0.4, -0.2) is 36.9 Å². The summed E-state index contributed by atoms with van der Waals surface area (Å²) in [4.78, 5) is 31.2. The Bertz CT molecular complexity index is 816. The van der Waals surface area contributed by atoms with Gasteiger partial charge in [-0.2, -0.15) is 19.8 Å². The minimum absolute atomic E-state index is 0.0482. The van der Waals surface area contributed by atoms with Crippen LogP contribution in [0.1, 0.15) is 19.8 Å². The zero-order valence-electron chi connectivity index (χ0n) is 11.8. The van der Waals surface area contributed by atoms with Gasteiger partial charge in [0, 0.05) is 0 Å². The van der Waals surface area contributed by atoms with Crippen molar-refractivity contribution < 1.29 is 14.6 Å². The van der Waals surface area contributed by atoms with Gasteiger partial charge in [0.1, 0.15) is 12.1 Å². The molecule has 0 bridgehead atoms. The van der Waals surface area contributed by atoms with Crippen LogP contribution < -0.4 is 16.2 Å². The molecule has 0 aliphatic carbocycles. The van der Waals surface area contributed by atoms with E-state index in [1.165, 1.54) is 0 Å². The van der Waals surface area contributed by atoms with Crippen LogP contribution in [0.25, 0.3) is 11.2 Å². The number of aromatic nitrogens is 4. The molecule has 0 unspecified atom stereocenters. The second kappa shape index (κ2) is 6.13. The summed E-state index contributed by atoms with van der Waals surface area (Å²) in [6.45, 7) is 1.99. The topological polar surface area (TPSA) is 149 Å². The third-order valence-electron chi connectivity index (χ3n) is 2.92. The van der Waals surface area contributed by atoms with Crippen molar-refractivity contribution in [1.29, 1.82) is 5.26 Å². The summed E-state index contributed by atoms with van der Waals surface area (Å²) in [6.07, 6.45) is 0.163. The zero-order chi connectivity index (χ0) is 16.3. The van der Waals surface area contributed by atoms with Gasteiger partial charge in [-0.15, -0.1) is 0 Å². The predicted octanol–water partition coefficient (Wildman–Crippen LogP) is 0.404. The van der Waals surface area contributed by atoms with Crippen LogP contribution in [0.2, 0.25) is 0 Å². The second-order valence-electron chi connectivity index (χ2n) is 4.41. The van der Waals surface area contributed by atoms with Crippen molar-refractivity contribution in [2.75, 3.05) is 12.3 Å². The number of carbonyl (C=O) groups is 1. The van der Waals surface area contributed by atoms with Crippen molar-refractivity contribution in [3.63, 3.8) is 0 Å². The largest absolute Gasteiger partial charge is 0.464 e. The normalized spacial score (nSPS) is 10.5. The average Bonchev–Trinajstić information content (AvgIpc) is 2.74. The standard InChI is InChI=1S/C12H14N6O4/c1-2-3-6-22-10-15-8(14)7-9(16-10)17(5-4-13)11(19)18(7)12(20)21/h2-3,5-6H2,1H3,(H,20,21)(H2,14,15,16). The lowest BCUT2D eigenvalue weighted by Gasteiger charge is -2.05. The Morgan fingerprint density at radius 2 is 2.23 bits per heavy atom. The van der Waals surface area contributed by atoms with Crippen LogP contribution in [0, 0.1) is 11.3 Å². The molecule has 0 amide bonds. The van der Waals surface area contributed by atoms with Crippen LogP contribution in [0.5, 0.6) is 6.01 Å². The Hall–Kier alpha value is -3.09. The molecule has 3 N–H and O–H groups in total. The van der Waals surface area contributed by atoms with Crippen LogP contribution in [-0.2, 0) is 6.54 Å². The maximum Gasteiger partial charge on any atom is 0.420 e. The molecule has 10 nitrogen and oxygen atoms in total. The number of nitrogen functional groups attached to an aromatic ring is 1. The number of anilines is 1. The number of nitriles is 1. The lowest BCUT2D eigenvalue weighted by atomic mass is 10.4. The number of rotatable bonds is 5. The molecule has 0 aliphatic rings. The fraction of sp³-hybridized carbons (Fsp3) is 0.417. The molecule has 2 heterocycles. The van der Waals surface area contributed by atoms with E-state index in [0.717, 1.165) is 17.4 Å². The van der Waals surface area contributed by atoms with Crippen molar-refractivity contribution in [3.05, 3.63) is 10.5 Å². The van der Waals surface area contributed by atoms with Crippen LogP contribution in [0.3, 0.4) is 0 Å². The summed E-state index contributed by atoms with van der Waals surface area (Å²) in [6, 6.07) is 1.71. The molecule has 0 spiro atoms. The SMILES string of the molecule is CCCCOc1nc(N)c2c(n1)n(CC#N)c(=O)n2C(=O)O. The molecule has 0 aliphatic heterocycles. The van der Waals surface area contributed by atoms with Gasteiger partial charge >= 0.3 is 17.8 Å². The molecular weight excluding hydrogens is 292 g/mol. The van der Waals surface area contributed by atoms with E-state index in [9.17, 15) is 9.59 Å². The highest BCUT2D eigenvalue weighted by Crippen LogP contribution is 2.20. The lowest BCUT2D eigenvalue weighted by molar-refractivity contribution is 0.196. The third kappa shape index (κ3) is 2.56. The Morgan fingerprint density at radius 3 is 2.82 bits per heavy atom. The molecule has 0 aromatic carbocycles. The van der Waals surface area contributed by atoms with Gasteiger partial charge in [0.25, 0.3) is 0 Å². The van der Waals surface area contributed by atoms with E-state index in [0.29, 0.717) is 11.2 Å². The molecule has 0 atom stereocenters. The van der Waals surface area contributed by atoms with Gasteiger partial charge < -0.3 is 15.6 Å². The molecule has 2 aromatic heterocycles. The number of hydrogen-bond donors (Lipinski definition) is 2. The van der Waals surface area contributed by atoms with Gasteiger partial charge in [-0.05, 0) is 6.42 Å². The summed E-state index contributed by atoms with van der Waals surface area (Å²) >= 11 is 0. The van der Waals surface area contributed by atoms with Crippen molar-refractivity contribution in [2.24, 2.45) is 0 Å². The Kier molecular flexibility index (Phi) is 4.26. The third-order valence-corrected chi connectivity index (χ3v) is 2.92. The maximum atomic E-state index is 12.1. The van der Waals surface area contributed by atoms with Crippen LogP contribution >= 0.6 is 0 Å². The molecule has 2 rings (SSSR count). The quantitative estimate of drug-likeness (QED) is 0.754. The van der Waals surface area contributed by atoms with Gasteiger partial charge in [-0.25, -0.2) is 9.59 Å². The molecule has 22 heavy (non-hydrogen) atoms. The summed E-state index contributed by atoms with van der Waals surface area (Å²) in [7, 11) is 0. The van der Waals surface area contributed by atoms with Gasteiger partial charge in [0.15, 0.2) is 11.5 Å². The first-order valence-corrected chi connectivity index (χ1v) is 6.53. The van der Waals surface area contributed by atoms with Crippen molar-refractivity contribution in [3.8, 4) is 12.1 Å². The van der Waals surface area contributed by atoms with Gasteiger partial charge in [-0.3, -0.25) is 4.57 Å². The first-order chi connectivity index (χ1) is 10.5. The smallest absolute Gasteiger partial charge is 0.420 e. The van der Waals surface area contributed by atoms with E-state index in [1.807, 2.05) is 6.92 Å². The average molecular weight is 306 g/mol. The molecule has 0 radical (unpaired) electrons. The second-order valence-corrected chi connectivity index (χ2v) is 4.41. The van der Waals surface area contributed by atoms with Crippen molar-refractivity contribution in [2.45, 2.75) is 26.3 Å². The molecule has 116 valence electrons. The highest BCUT2D eigenvalue weighted by atomic mass is 16.5. The van der Waals surface area contributed by atoms with Crippen LogP contribution in [0.4, 0.5) is 10.6 Å². The van der Waals surface area contributed by atoms with Gasteiger partial charge in [0.2, 0.25) is 0 Å². The number of fused-ring (bicyclic) bond motifs is 1. The van der Waals surface area contributed by atoms with E-state index in [1.54, 1.807) is 6.07 Å². The lowest BCUT2D eigenvalue weighted by Crippen LogP contribution is -2.28. The van der Waals surface area contributed by atoms with E-state index < -0.39 is 11.8 Å². The Balaban J connectivity index is 2.66. The van der Waals surface area contributed by atoms with E-state index >= 15 is 0 Å². The molecular formula is C12H14N6O4. The first kappa shape index (κ1) is 15.3. The van der Waals surface area contributed by atoms with E-state index in [-0.39, 0.29) is 29.5 Å². The summed E-state index contributed by atoms with van der Waals surface area (Å²) in [5.41, 5.74) is 4.60. The van der Waals surface area contributed by atoms with Gasteiger partial charge in [-0.1, -0.05) is 13.3 Å². The summed E-state index contributed by atoms with van der Waals surface area (Å²) in [5, 5.41) is 17.9. The summed E-state index contributed by atoms with van der Waals surface area (Å²) in [5.74, 6) is -0.201. The number of nitrogens with two attached hydrogens (primary N) is 1. The highest BCUT2D eigenvalue weighted by Gasteiger charge is 2.23. The number of imidazole rings is 1. The molecule has 10 heteroatoms. The molecule has 0 fully saturated rings. The highest BCUT2D eigenvalue weighted by molar-refractivity contribution is 5.90. The molecule has 2 aromatic rings. The Labute approximate surface area is 124 Å². The number of unbranched alkanes of at least 4 members (excludes halogenated alkanes) is 1. The van der Waals surface area contributed by atoms with Crippen molar-refractivity contribution in [1.82, 2.24) is 19.1 Å². The van der Waals surface area contributed by atoms with Crippen LogP contribution in [0.15, 0.2) is 4.79 Å². The zero-order valence-corrected chi connectivity index (χ0v) is 11.8. The number of ether oxygens (including phenoxy) is 1. The fourth-order valence-electron chi connectivity index (χ4n) is 1.91. The number of nitrogens with zero attached hydrogens (tertiary/aromatic N) is 5. The maximum absolute atomic E-state index is 12.1. The van der Waals surface area contributed by atoms with E-state index in [2.05, 4.69) is 9.97 Å². The van der Waals surface area contributed by atoms with E-state index in [4.69, 9.17) is 20.8 Å². The Morgan fingerprint density at radius 1 is 1.50 bits per heavy atom. The molecule has 0 saturated heterocycles. The monoisotopic (exact) mass is 306 g/mol. The summed E-state index contributed by atoms with van der Waals surface area (Å²) < 4.78 is 6.65. The minimum Gasteiger partial charge on any atom is -0.464 e. The number of hydrogen-bond acceptors (Lipinski definition) is 7.